The summed E-state index contributed by atoms with van der Waals surface area (Å²) in [5, 5.41) is 1.16. The second-order valence-electron chi connectivity index (χ2n) is 4.15. The molecular weight excluding hydrogens is 218 g/mol. The lowest BCUT2D eigenvalue weighted by molar-refractivity contribution is -0.170. The number of nitrogens with zero attached hydrogens (tertiary/aromatic N) is 1. The third kappa shape index (κ3) is 2.77. The third-order valence-corrected chi connectivity index (χ3v) is 3.06. The van der Waals surface area contributed by atoms with E-state index in [-0.39, 0.29) is 12.5 Å². The molecule has 1 aromatic carbocycles. The monoisotopic (exact) mass is 235 g/mol. The number of hydroxylamine groups is 2. The van der Waals surface area contributed by atoms with Gasteiger partial charge in [0.25, 0.3) is 5.91 Å². The van der Waals surface area contributed by atoms with E-state index in [1.807, 2.05) is 12.1 Å². The van der Waals surface area contributed by atoms with Crippen LogP contribution in [0.1, 0.15) is 17.5 Å². The molecule has 0 N–H and O–H groups in total. The highest BCUT2D eigenvalue weighted by Gasteiger charge is 2.13. The zero-order chi connectivity index (χ0) is 12.3. The van der Waals surface area contributed by atoms with E-state index < -0.39 is 0 Å². The van der Waals surface area contributed by atoms with E-state index in [0.29, 0.717) is 0 Å². The van der Waals surface area contributed by atoms with E-state index in [1.165, 1.54) is 24.7 Å². The molecule has 0 fully saturated rings. The van der Waals surface area contributed by atoms with Gasteiger partial charge in [-0.2, -0.15) is 0 Å². The van der Waals surface area contributed by atoms with Crippen LogP contribution < -0.4 is 4.74 Å². The Balaban J connectivity index is 1.93. The minimum Gasteiger partial charge on any atom is -0.484 e. The first-order valence-corrected chi connectivity index (χ1v) is 5.76. The van der Waals surface area contributed by atoms with Crippen molar-refractivity contribution >= 4 is 5.91 Å². The van der Waals surface area contributed by atoms with Gasteiger partial charge in [-0.1, -0.05) is 6.07 Å². The minimum atomic E-state index is -0.201. The standard InChI is InChI=1S/C13H17NO3/c1-14(16-2)13(15)9-17-12-7-6-10-4-3-5-11(10)8-12/h6-8H,3-5,9H2,1-2H3. The molecule has 0 atom stereocenters. The lowest BCUT2D eigenvalue weighted by Gasteiger charge is -2.14. The van der Waals surface area contributed by atoms with E-state index in [2.05, 4.69) is 6.07 Å². The summed E-state index contributed by atoms with van der Waals surface area (Å²) in [5.41, 5.74) is 2.74. The molecule has 0 heterocycles. The molecule has 0 unspecified atom stereocenters. The molecule has 0 aliphatic heterocycles. The highest BCUT2D eigenvalue weighted by Crippen LogP contribution is 2.25. The molecule has 1 aromatic rings. The van der Waals surface area contributed by atoms with Crippen molar-refractivity contribution in [2.75, 3.05) is 20.8 Å². The molecule has 1 amide bonds. The maximum absolute atomic E-state index is 11.5. The van der Waals surface area contributed by atoms with Crippen molar-refractivity contribution in [3.8, 4) is 5.75 Å². The SMILES string of the molecule is CON(C)C(=O)COc1ccc2c(c1)CCC2. The minimum absolute atomic E-state index is 0.00310. The highest BCUT2D eigenvalue weighted by atomic mass is 16.7. The number of carbonyl (C=O) groups excluding carboxylic acids is 1. The number of hydrogen-bond donors (Lipinski definition) is 0. The molecule has 1 aliphatic rings. The summed E-state index contributed by atoms with van der Waals surface area (Å²) < 4.78 is 5.44. The zero-order valence-electron chi connectivity index (χ0n) is 10.2. The van der Waals surface area contributed by atoms with Crippen LogP contribution in [0.3, 0.4) is 0 Å². The molecule has 4 heteroatoms. The molecule has 0 bridgehead atoms. The Morgan fingerprint density at radius 2 is 2.12 bits per heavy atom. The smallest absolute Gasteiger partial charge is 0.283 e. The molecule has 0 aromatic heterocycles. The van der Waals surface area contributed by atoms with Gasteiger partial charge >= 0.3 is 0 Å². The highest BCUT2D eigenvalue weighted by molar-refractivity contribution is 5.76. The van der Waals surface area contributed by atoms with Crippen molar-refractivity contribution in [1.29, 1.82) is 0 Å². The van der Waals surface area contributed by atoms with Crippen molar-refractivity contribution in [3.05, 3.63) is 29.3 Å². The van der Waals surface area contributed by atoms with Gasteiger partial charge in [-0.05, 0) is 42.5 Å². The zero-order valence-corrected chi connectivity index (χ0v) is 10.2. The van der Waals surface area contributed by atoms with Crippen LogP contribution in [0.5, 0.6) is 5.75 Å². The van der Waals surface area contributed by atoms with Crippen molar-refractivity contribution < 1.29 is 14.4 Å². The first-order valence-electron chi connectivity index (χ1n) is 5.76. The fourth-order valence-corrected chi connectivity index (χ4v) is 1.98. The predicted molar refractivity (Wildman–Crippen MR) is 63.7 cm³/mol. The van der Waals surface area contributed by atoms with Gasteiger partial charge in [0.05, 0.1) is 7.11 Å². The molecule has 0 spiro atoms. The molecule has 92 valence electrons. The Labute approximate surface area is 101 Å². The summed E-state index contributed by atoms with van der Waals surface area (Å²) in [4.78, 5) is 16.2. The molecule has 0 saturated carbocycles. The Kier molecular flexibility index (Phi) is 3.64. The van der Waals surface area contributed by atoms with Crippen LogP contribution in [0.25, 0.3) is 0 Å². The predicted octanol–water partition coefficient (Wildman–Crippen LogP) is 1.57. The Morgan fingerprint density at radius 1 is 1.35 bits per heavy atom. The van der Waals surface area contributed by atoms with E-state index in [1.54, 1.807) is 7.05 Å². The number of benzene rings is 1. The number of hydrogen-bond acceptors (Lipinski definition) is 3. The van der Waals surface area contributed by atoms with Crippen LogP contribution >= 0.6 is 0 Å². The molecule has 17 heavy (non-hydrogen) atoms. The lowest BCUT2D eigenvalue weighted by Crippen LogP contribution is -2.30. The number of aryl methyl sites for hydroxylation is 2. The maximum Gasteiger partial charge on any atom is 0.283 e. The van der Waals surface area contributed by atoms with Gasteiger partial charge in [0.15, 0.2) is 6.61 Å². The summed E-state index contributed by atoms with van der Waals surface area (Å²) in [6, 6.07) is 6.04. The van der Waals surface area contributed by atoms with Gasteiger partial charge < -0.3 is 4.74 Å². The topological polar surface area (TPSA) is 38.8 Å². The van der Waals surface area contributed by atoms with Crippen molar-refractivity contribution in [2.45, 2.75) is 19.3 Å². The number of fused-ring (bicyclic) bond motifs is 1. The number of likely N-dealkylation sites (N-methyl/N-ethyl adjacent to an activating group) is 1. The molecule has 0 saturated heterocycles. The van der Waals surface area contributed by atoms with Crippen molar-refractivity contribution in [3.63, 3.8) is 0 Å². The van der Waals surface area contributed by atoms with Crippen molar-refractivity contribution in [2.24, 2.45) is 0 Å². The van der Waals surface area contributed by atoms with Crippen LogP contribution in [-0.4, -0.2) is 31.7 Å². The van der Waals surface area contributed by atoms with E-state index >= 15 is 0 Å². The van der Waals surface area contributed by atoms with E-state index in [4.69, 9.17) is 9.57 Å². The van der Waals surface area contributed by atoms with Gasteiger partial charge in [0.1, 0.15) is 5.75 Å². The summed E-state index contributed by atoms with van der Waals surface area (Å²) in [6.45, 7) is 0.00310. The summed E-state index contributed by atoms with van der Waals surface area (Å²) in [5.74, 6) is 0.552. The second kappa shape index (κ2) is 5.19. The number of ether oxygens (including phenoxy) is 1. The Hall–Kier alpha value is -1.55. The summed E-state index contributed by atoms with van der Waals surface area (Å²) in [7, 11) is 3.02. The lowest BCUT2D eigenvalue weighted by atomic mass is 10.1. The average Bonchev–Trinajstić information content (AvgIpc) is 2.82. The van der Waals surface area contributed by atoms with Crippen LogP contribution in [0.15, 0.2) is 18.2 Å². The molecule has 0 radical (unpaired) electrons. The average molecular weight is 235 g/mol. The van der Waals surface area contributed by atoms with Gasteiger partial charge in [0.2, 0.25) is 0 Å². The van der Waals surface area contributed by atoms with Gasteiger partial charge in [-0.15, -0.1) is 0 Å². The van der Waals surface area contributed by atoms with Gasteiger partial charge in [-0.3, -0.25) is 9.63 Å². The van der Waals surface area contributed by atoms with Gasteiger partial charge in [-0.25, -0.2) is 5.06 Å². The first-order chi connectivity index (χ1) is 8.20. The van der Waals surface area contributed by atoms with Gasteiger partial charge in [0, 0.05) is 7.05 Å². The number of rotatable bonds is 4. The fourth-order valence-electron chi connectivity index (χ4n) is 1.98. The second-order valence-corrected chi connectivity index (χ2v) is 4.15. The fraction of sp³-hybridized carbons (Fsp3) is 0.462. The van der Waals surface area contributed by atoms with E-state index in [9.17, 15) is 4.79 Å². The quantitative estimate of drug-likeness (QED) is 0.744. The first kappa shape index (κ1) is 11.9. The Morgan fingerprint density at radius 3 is 2.88 bits per heavy atom. The van der Waals surface area contributed by atoms with E-state index in [0.717, 1.165) is 23.7 Å². The number of carbonyl (C=O) groups is 1. The van der Waals surface area contributed by atoms with Crippen molar-refractivity contribution in [1.82, 2.24) is 5.06 Å². The largest absolute Gasteiger partial charge is 0.484 e. The van der Waals surface area contributed by atoms with Crippen LogP contribution in [-0.2, 0) is 22.5 Å². The summed E-state index contributed by atoms with van der Waals surface area (Å²) in [6.07, 6.45) is 3.48. The number of amides is 1. The molecule has 1 aliphatic carbocycles. The maximum atomic E-state index is 11.5. The van der Waals surface area contributed by atoms with Crippen LogP contribution in [0.4, 0.5) is 0 Å². The summed E-state index contributed by atoms with van der Waals surface area (Å²) >= 11 is 0. The van der Waals surface area contributed by atoms with Crippen LogP contribution in [0, 0.1) is 0 Å². The molecule has 2 rings (SSSR count). The van der Waals surface area contributed by atoms with Crippen LogP contribution in [0.2, 0.25) is 0 Å². The molecular formula is C13H17NO3. The Bertz CT molecular complexity index is 417. The normalized spacial score (nSPS) is 13.3. The molecule has 4 nitrogen and oxygen atoms in total. The third-order valence-electron chi connectivity index (χ3n) is 3.06.